The van der Waals surface area contributed by atoms with E-state index in [4.69, 9.17) is 11.6 Å². The molecule has 0 heterocycles. The molecule has 3 aliphatic carbocycles. The lowest BCUT2D eigenvalue weighted by Crippen LogP contribution is -2.43. The van der Waals surface area contributed by atoms with Gasteiger partial charge in [0.2, 0.25) is 0 Å². The molecule has 0 aromatic heterocycles. The van der Waals surface area contributed by atoms with Gasteiger partial charge >= 0.3 is 0 Å². The number of hydrogen-bond donors (Lipinski definition) is 0. The van der Waals surface area contributed by atoms with Crippen LogP contribution in [0.1, 0.15) is 37.2 Å². The van der Waals surface area contributed by atoms with Gasteiger partial charge in [0, 0.05) is 11.6 Å². The third-order valence-electron chi connectivity index (χ3n) is 5.22. The van der Waals surface area contributed by atoms with Crippen LogP contribution in [-0.4, -0.2) is 25.5 Å². The first kappa shape index (κ1) is 16.1. The van der Waals surface area contributed by atoms with Gasteiger partial charge in [-0.15, -0.1) is 12.4 Å². The van der Waals surface area contributed by atoms with Crippen molar-refractivity contribution in [3.8, 4) is 0 Å². The van der Waals surface area contributed by atoms with Crippen LogP contribution in [0, 0.1) is 17.8 Å². The van der Waals surface area contributed by atoms with Crippen molar-refractivity contribution in [1.82, 2.24) is 4.90 Å². The van der Waals surface area contributed by atoms with Crippen molar-refractivity contribution < 1.29 is 0 Å². The summed E-state index contributed by atoms with van der Waals surface area (Å²) in [5.41, 5.74) is 1.52. The maximum absolute atomic E-state index is 6.04. The topological polar surface area (TPSA) is 3.24 Å². The van der Waals surface area contributed by atoms with Crippen LogP contribution in [0.3, 0.4) is 0 Å². The molecule has 0 amide bonds. The van der Waals surface area contributed by atoms with Crippen molar-refractivity contribution in [3.63, 3.8) is 0 Å². The zero-order valence-electron chi connectivity index (χ0n) is 12.4. The fourth-order valence-corrected chi connectivity index (χ4v) is 4.59. The van der Waals surface area contributed by atoms with Crippen LogP contribution in [-0.2, 0) is 0 Å². The molecule has 0 radical (unpaired) electrons. The Balaban J connectivity index is 0.00000147. The summed E-state index contributed by atoms with van der Waals surface area (Å²) >= 11 is 6.04. The van der Waals surface area contributed by atoms with E-state index in [9.17, 15) is 0 Å². The summed E-state index contributed by atoms with van der Waals surface area (Å²) in [5.74, 6) is 3.43. The second kappa shape index (κ2) is 6.68. The monoisotopic (exact) mass is 313 g/mol. The smallest absolute Gasteiger partial charge is 0.0406 e. The van der Waals surface area contributed by atoms with Gasteiger partial charge in [0.05, 0.1) is 0 Å². The highest BCUT2D eigenvalue weighted by atomic mass is 35.5. The van der Waals surface area contributed by atoms with Gasteiger partial charge in [-0.05, 0) is 81.1 Å². The number of benzene rings is 1. The Morgan fingerprint density at radius 1 is 1.00 bits per heavy atom. The highest BCUT2D eigenvalue weighted by Gasteiger charge is 2.43. The van der Waals surface area contributed by atoms with E-state index >= 15 is 0 Å². The second-order valence-corrected chi connectivity index (χ2v) is 7.11. The van der Waals surface area contributed by atoms with Gasteiger partial charge in [-0.1, -0.05) is 23.7 Å². The molecule has 4 rings (SSSR count). The van der Waals surface area contributed by atoms with Crippen molar-refractivity contribution in [3.05, 3.63) is 34.9 Å². The highest BCUT2D eigenvalue weighted by molar-refractivity contribution is 6.30. The molecule has 3 aliphatic rings. The van der Waals surface area contributed by atoms with E-state index in [1.807, 2.05) is 0 Å². The molecule has 0 saturated heterocycles. The largest absolute Gasteiger partial charge is 0.309 e. The molecule has 2 unspecified atom stereocenters. The molecule has 20 heavy (non-hydrogen) atoms. The summed E-state index contributed by atoms with van der Waals surface area (Å²) in [7, 11) is 4.42. The van der Waals surface area contributed by atoms with E-state index in [0.717, 1.165) is 28.7 Å². The predicted molar refractivity (Wildman–Crippen MR) is 88.9 cm³/mol. The van der Waals surface area contributed by atoms with Crippen molar-refractivity contribution in [1.29, 1.82) is 0 Å². The van der Waals surface area contributed by atoms with E-state index in [1.165, 1.54) is 37.8 Å². The Morgan fingerprint density at radius 2 is 1.55 bits per heavy atom. The van der Waals surface area contributed by atoms with E-state index in [1.54, 1.807) is 0 Å². The van der Waals surface area contributed by atoms with Gasteiger partial charge in [-0.3, -0.25) is 0 Å². The Bertz CT molecular complexity index is 421. The average molecular weight is 314 g/mol. The van der Waals surface area contributed by atoms with Crippen LogP contribution in [0.15, 0.2) is 24.3 Å². The first-order chi connectivity index (χ1) is 9.15. The minimum Gasteiger partial charge on any atom is -0.309 e. The van der Waals surface area contributed by atoms with Crippen molar-refractivity contribution in [2.24, 2.45) is 17.8 Å². The number of halogens is 2. The molecule has 2 bridgehead atoms. The molecular formula is C17H25Cl2N. The third kappa shape index (κ3) is 3.16. The highest BCUT2D eigenvalue weighted by Crippen LogP contribution is 2.53. The third-order valence-corrected chi connectivity index (χ3v) is 5.47. The first-order valence-corrected chi connectivity index (χ1v) is 7.93. The Morgan fingerprint density at radius 3 is 2.10 bits per heavy atom. The molecule has 1 nitrogen and oxygen atoms in total. The molecule has 1 aromatic rings. The first-order valence-electron chi connectivity index (χ1n) is 7.55. The zero-order valence-corrected chi connectivity index (χ0v) is 14.0. The molecular weight excluding hydrogens is 289 g/mol. The van der Waals surface area contributed by atoms with Crippen LogP contribution in [0.4, 0.5) is 0 Å². The van der Waals surface area contributed by atoms with Crippen LogP contribution >= 0.6 is 24.0 Å². The Hall–Kier alpha value is -0.240. The fraction of sp³-hybridized carbons (Fsp3) is 0.647. The molecule has 3 heteroatoms. The molecule has 1 aromatic carbocycles. The average Bonchev–Trinajstić information content (AvgIpc) is 2.41. The van der Waals surface area contributed by atoms with Gasteiger partial charge in [0.15, 0.2) is 0 Å². The standard InChI is InChI=1S/C17H24ClN.ClH/c1-19(2)11-16-12-3-5-13(6-4-12)17(16)14-7-9-15(18)10-8-14;/h7-10,12-13,16-17H,3-6,11H2,1-2H3;1H. The van der Waals surface area contributed by atoms with Gasteiger partial charge < -0.3 is 4.90 Å². The van der Waals surface area contributed by atoms with E-state index in [-0.39, 0.29) is 12.4 Å². The molecule has 0 aliphatic heterocycles. The summed E-state index contributed by atoms with van der Waals surface area (Å²) in [6.07, 6.45) is 5.77. The normalized spacial score (nSPS) is 32.2. The summed E-state index contributed by atoms with van der Waals surface area (Å²) < 4.78 is 0. The lowest BCUT2D eigenvalue weighted by atomic mass is 9.57. The van der Waals surface area contributed by atoms with Crippen LogP contribution < -0.4 is 0 Å². The molecule has 0 N–H and O–H groups in total. The number of fused-ring (bicyclic) bond motifs is 3. The lowest BCUT2D eigenvalue weighted by Gasteiger charge is -2.50. The van der Waals surface area contributed by atoms with Crippen LogP contribution in [0.5, 0.6) is 0 Å². The summed E-state index contributed by atoms with van der Waals surface area (Å²) in [4.78, 5) is 2.37. The SMILES string of the molecule is CN(C)CC1C2CCC(CC2)C1c1ccc(Cl)cc1.Cl. The predicted octanol–water partition coefficient (Wildman–Crippen LogP) is 4.84. The second-order valence-electron chi connectivity index (χ2n) is 6.68. The maximum Gasteiger partial charge on any atom is 0.0406 e. The van der Waals surface area contributed by atoms with Crippen LogP contribution in [0.25, 0.3) is 0 Å². The molecule has 3 fully saturated rings. The van der Waals surface area contributed by atoms with Gasteiger partial charge in [0.25, 0.3) is 0 Å². The molecule has 2 atom stereocenters. The Labute approximate surface area is 134 Å². The van der Waals surface area contributed by atoms with E-state index in [2.05, 4.69) is 43.3 Å². The van der Waals surface area contributed by atoms with E-state index < -0.39 is 0 Å². The van der Waals surface area contributed by atoms with Crippen LogP contribution in [0.2, 0.25) is 5.02 Å². The molecule has 3 saturated carbocycles. The van der Waals surface area contributed by atoms with Crippen molar-refractivity contribution in [2.75, 3.05) is 20.6 Å². The van der Waals surface area contributed by atoms with Crippen molar-refractivity contribution in [2.45, 2.75) is 31.6 Å². The summed E-state index contributed by atoms with van der Waals surface area (Å²) in [5, 5.41) is 0.855. The Kier molecular flexibility index (Phi) is 5.39. The summed E-state index contributed by atoms with van der Waals surface area (Å²) in [6, 6.07) is 8.64. The van der Waals surface area contributed by atoms with Gasteiger partial charge in [-0.25, -0.2) is 0 Å². The quantitative estimate of drug-likeness (QED) is 0.771. The lowest BCUT2D eigenvalue weighted by molar-refractivity contribution is 0.0507. The number of rotatable bonds is 3. The molecule has 112 valence electrons. The van der Waals surface area contributed by atoms with Gasteiger partial charge in [0.1, 0.15) is 0 Å². The van der Waals surface area contributed by atoms with E-state index in [0.29, 0.717) is 0 Å². The number of nitrogens with zero attached hydrogens (tertiary/aromatic N) is 1. The minimum atomic E-state index is 0. The minimum absolute atomic E-state index is 0. The maximum atomic E-state index is 6.04. The molecule has 0 spiro atoms. The van der Waals surface area contributed by atoms with Gasteiger partial charge in [-0.2, -0.15) is 0 Å². The number of hydrogen-bond acceptors (Lipinski definition) is 1. The zero-order chi connectivity index (χ0) is 13.4. The summed E-state index contributed by atoms with van der Waals surface area (Å²) in [6.45, 7) is 1.23. The fourth-order valence-electron chi connectivity index (χ4n) is 4.46. The van der Waals surface area contributed by atoms with Crippen molar-refractivity contribution >= 4 is 24.0 Å².